The Kier molecular flexibility index (Phi) is 3.13. The number of aromatic nitrogens is 2. The Labute approximate surface area is 110 Å². The average molecular weight is 261 g/mol. The molecule has 4 nitrogen and oxygen atoms in total. The van der Waals surface area contributed by atoms with Gasteiger partial charge in [-0.2, -0.15) is 0 Å². The van der Waals surface area contributed by atoms with Crippen LogP contribution >= 0.6 is 11.6 Å². The summed E-state index contributed by atoms with van der Waals surface area (Å²) in [6, 6.07) is 7.76. The molecule has 92 valence electrons. The molecule has 2 aromatic rings. The Morgan fingerprint density at radius 1 is 1.33 bits per heavy atom. The third kappa shape index (κ3) is 2.44. The van der Waals surface area contributed by atoms with Crippen LogP contribution in [0.1, 0.15) is 16.8 Å². The molecule has 2 heterocycles. The van der Waals surface area contributed by atoms with Crippen LogP contribution < -0.4 is 10.6 Å². The van der Waals surface area contributed by atoms with Gasteiger partial charge in [0, 0.05) is 36.4 Å². The first kappa shape index (κ1) is 11.4. The summed E-state index contributed by atoms with van der Waals surface area (Å²) in [5, 5.41) is 7.20. The molecule has 0 saturated carbocycles. The molecule has 18 heavy (non-hydrogen) atoms. The Morgan fingerprint density at radius 3 is 3.17 bits per heavy atom. The third-order valence-corrected chi connectivity index (χ3v) is 3.14. The van der Waals surface area contributed by atoms with Gasteiger partial charge in [0.25, 0.3) is 0 Å². The first-order valence-electron chi connectivity index (χ1n) is 5.85. The van der Waals surface area contributed by atoms with E-state index in [0.29, 0.717) is 12.5 Å². The molecule has 0 bridgehead atoms. The molecule has 1 aliphatic heterocycles. The number of nitrogens with one attached hydrogen (secondary N) is 2. The maximum atomic E-state index is 5.94. The van der Waals surface area contributed by atoms with Gasteiger partial charge < -0.3 is 10.6 Å². The largest absolute Gasteiger partial charge is 0.350 e. The molecule has 3 rings (SSSR count). The Hall–Kier alpha value is -1.65. The SMILES string of the molecule is Clc1cccc(CNc2ncc3c(n2)CNC3)c1. The smallest absolute Gasteiger partial charge is 0.223 e. The van der Waals surface area contributed by atoms with Crippen molar-refractivity contribution in [3.8, 4) is 0 Å². The first-order chi connectivity index (χ1) is 8.81. The summed E-state index contributed by atoms with van der Waals surface area (Å²) in [6.07, 6.45) is 1.88. The molecule has 5 heteroatoms. The van der Waals surface area contributed by atoms with E-state index in [1.165, 1.54) is 5.56 Å². The second-order valence-electron chi connectivity index (χ2n) is 4.25. The van der Waals surface area contributed by atoms with Gasteiger partial charge in [0.1, 0.15) is 0 Å². The molecule has 0 saturated heterocycles. The molecular formula is C13H13ClN4. The first-order valence-corrected chi connectivity index (χ1v) is 6.23. The quantitative estimate of drug-likeness (QED) is 0.890. The zero-order valence-electron chi connectivity index (χ0n) is 9.78. The fraction of sp³-hybridized carbons (Fsp3) is 0.231. The highest BCUT2D eigenvalue weighted by Gasteiger charge is 2.12. The molecule has 0 radical (unpaired) electrons. The Bertz CT molecular complexity index is 571. The van der Waals surface area contributed by atoms with Crippen molar-refractivity contribution < 1.29 is 0 Å². The maximum absolute atomic E-state index is 5.94. The summed E-state index contributed by atoms with van der Waals surface area (Å²) >= 11 is 5.94. The van der Waals surface area contributed by atoms with Crippen molar-refractivity contribution >= 4 is 17.5 Å². The summed E-state index contributed by atoms with van der Waals surface area (Å²) in [7, 11) is 0. The summed E-state index contributed by atoms with van der Waals surface area (Å²) in [4.78, 5) is 8.77. The van der Waals surface area contributed by atoms with E-state index in [2.05, 4.69) is 20.6 Å². The lowest BCUT2D eigenvalue weighted by Gasteiger charge is -2.06. The van der Waals surface area contributed by atoms with Crippen molar-refractivity contribution in [2.24, 2.45) is 0 Å². The van der Waals surface area contributed by atoms with Crippen molar-refractivity contribution in [3.63, 3.8) is 0 Å². The minimum absolute atomic E-state index is 0.664. The van der Waals surface area contributed by atoms with Crippen LogP contribution in [-0.2, 0) is 19.6 Å². The standard InChI is InChI=1S/C13H13ClN4/c14-11-3-1-2-9(4-11)5-16-13-17-7-10-6-15-8-12(10)18-13/h1-4,7,15H,5-6,8H2,(H,16,17,18). The minimum atomic E-state index is 0.664. The van der Waals surface area contributed by atoms with Gasteiger partial charge in [-0.3, -0.25) is 0 Å². The number of fused-ring (bicyclic) bond motifs is 1. The average Bonchev–Trinajstić information content (AvgIpc) is 2.84. The van der Waals surface area contributed by atoms with E-state index in [1.807, 2.05) is 30.5 Å². The number of hydrogen-bond donors (Lipinski definition) is 2. The van der Waals surface area contributed by atoms with Crippen molar-refractivity contribution in [2.45, 2.75) is 19.6 Å². The number of nitrogens with zero attached hydrogens (tertiary/aromatic N) is 2. The predicted octanol–water partition coefficient (Wildman–Crippen LogP) is 2.35. The molecule has 0 unspecified atom stereocenters. The molecule has 2 N–H and O–H groups in total. The summed E-state index contributed by atoms with van der Waals surface area (Å²) in [6.45, 7) is 2.36. The van der Waals surface area contributed by atoms with E-state index in [0.717, 1.165) is 29.4 Å². The zero-order valence-corrected chi connectivity index (χ0v) is 10.5. The predicted molar refractivity (Wildman–Crippen MR) is 71.4 cm³/mol. The van der Waals surface area contributed by atoms with Crippen LogP contribution in [0, 0.1) is 0 Å². The molecule has 0 fully saturated rings. The normalized spacial score (nSPS) is 13.4. The third-order valence-electron chi connectivity index (χ3n) is 2.90. The lowest BCUT2D eigenvalue weighted by Crippen LogP contribution is -2.05. The number of anilines is 1. The second kappa shape index (κ2) is 4.92. The molecule has 0 atom stereocenters. The number of benzene rings is 1. The Balaban J connectivity index is 1.70. The van der Waals surface area contributed by atoms with Gasteiger partial charge in [-0.1, -0.05) is 23.7 Å². The fourth-order valence-electron chi connectivity index (χ4n) is 1.97. The van der Waals surface area contributed by atoms with Gasteiger partial charge in [0.05, 0.1) is 5.69 Å². The van der Waals surface area contributed by atoms with E-state index in [1.54, 1.807) is 0 Å². The van der Waals surface area contributed by atoms with E-state index in [-0.39, 0.29) is 0 Å². The number of rotatable bonds is 3. The molecule has 0 amide bonds. The van der Waals surface area contributed by atoms with Crippen LogP contribution in [0.5, 0.6) is 0 Å². The number of hydrogen-bond acceptors (Lipinski definition) is 4. The van der Waals surface area contributed by atoms with Gasteiger partial charge in [-0.15, -0.1) is 0 Å². The highest BCUT2D eigenvalue weighted by Crippen LogP contribution is 2.15. The van der Waals surface area contributed by atoms with E-state index >= 15 is 0 Å². The van der Waals surface area contributed by atoms with E-state index < -0.39 is 0 Å². The van der Waals surface area contributed by atoms with Crippen LogP contribution in [-0.4, -0.2) is 9.97 Å². The Morgan fingerprint density at radius 2 is 2.28 bits per heavy atom. The molecule has 1 aromatic heterocycles. The molecule has 0 spiro atoms. The van der Waals surface area contributed by atoms with Crippen LogP contribution in [0.25, 0.3) is 0 Å². The maximum Gasteiger partial charge on any atom is 0.223 e. The molecule has 0 aliphatic carbocycles. The van der Waals surface area contributed by atoms with Crippen molar-refractivity contribution in [3.05, 3.63) is 52.3 Å². The lowest BCUT2D eigenvalue weighted by molar-refractivity contribution is 0.757. The summed E-state index contributed by atoms with van der Waals surface area (Å²) < 4.78 is 0. The van der Waals surface area contributed by atoms with Crippen LogP contribution in [0.2, 0.25) is 5.02 Å². The van der Waals surface area contributed by atoms with Gasteiger partial charge in [-0.05, 0) is 17.7 Å². The highest BCUT2D eigenvalue weighted by molar-refractivity contribution is 6.30. The van der Waals surface area contributed by atoms with Crippen molar-refractivity contribution in [2.75, 3.05) is 5.32 Å². The van der Waals surface area contributed by atoms with Crippen LogP contribution in [0.4, 0.5) is 5.95 Å². The second-order valence-corrected chi connectivity index (χ2v) is 4.69. The topological polar surface area (TPSA) is 49.8 Å². The molecule has 1 aromatic carbocycles. The monoisotopic (exact) mass is 260 g/mol. The molecular weight excluding hydrogens is 248 g/mol. The molecule has 1 aliphatic rings. The van der Waals surface area contributed by atoms with E-state index in [9.17, 15) is 0 Å². The zero-order chi connectivity index (χ0) is 12.4. The van der Waals surface area contributed by atoms with E-state index in [4.69, 9.17) is 11.6 Å². The summed E-state index contributed by atoms with van der Waals surface area (Å²) in [5.41, 5.74) is 3.38. The van der Waals surface area contributed by atoms with Crippen molar-refractivity contribution in [1.82, 2.24) is 15.3 Å². The lowest BCUT2D eigenvalue weighted by atomic mass is 10.2. The number of halogens is 1. The van der Waals surface area contributed by atoms with Gasteiger partial charge >= 0.3 is 0 Å². The minimum Gasteiger partial charge on any atom is -0.350 e. The fourth-order valence-corrected chi connectivity index (χ4v) is 2.18. The van der Waals surface area contributed by atoms with Gasteiger partial charge in [0.15, 0.2) is 0 Å². The van der Waals surface area contributed by atoms with Gasteiger partial charge in [-0.25, -0.2) is 9.97 Å². The van der Waals surface area contributed by atoms with Crippen LogP contribution in [0.3, 0.4) is 0 Å². The van der Waals surface area contributed by atoms with Crippen LogP contribution in [0.15, 0.2) is 30.5 Å². The van der Waals surface area contributed by atoms with Crippen molar-refractivity contribution in [1.29, 1.82) is 0 Å². The summed E-state index contributed by atoms with van der Waals surface area (Å²) in [5.74, 6) is 0.664. The van der Waals surface area contributed by atoms with Gasteiger partial charge in [0.2, 0.25) is 5.95 Å². The highest BCUT2D eigenvalue weighted by atomic mass is 35.5.